The van der Waals surface area contributed by atoms with E-state index in [4.69, 9.17) is 0 Å². The standard InChI is InChI=1S/C19H34N4O/c1-4-6-13-23(3)14-12-21-19(20-5-2)22-15-18(16-24)17-10-8-7-9-11-17/h7-11,18,24H,4-6,12-16H2,1-3H3,(H2,20,21,22). The van der Waals surface area contributed by atoms with E-state index in [1.165, 1.54) is 12.8 Å². The van der Waals surface area contributed by atoms with Crippen molar-refractivity contribution in [3.8, 4) is 0 Å². The number of hydrogen-bond donors (Lipinski definition) is 3. The summed E-state index contributed by atoms with van der Waals surface area (Å²) in [5, 5.41) is 16.3. The van der Waals surface area contributed by atoms with Crippen LogP contribution in [-0.4, -0.2) is 62.3 Å². The molecule has 0 aliphatic carbocycles. The zero-order valence-corrected chi connectivity index (χ0v) is 15.5. The lowest BCUT2D eigenvalue weighted by Gasteiger charge is -2.18. The molecule has 1 aromatic carbocycles. The van der Waals surface area contributed by atoms with Crippen LogP contribution in [-0.2, 0) is 0 Å². The predicted octanol–water partition coefficient (Wildman–Crippen LogP) is 2.05. The van der Waals surface area contributed by atoms with Gasteiger partial charge in [0.15, 0.2) is 5.96 Å². The summed E-state index contributed by atoms with van der Waals surface area (Å²) in [6.07, 6.45) is 2.46. The minimum Gasteiger partial charge on any atom is -0.396 e. The third-order valence-corrected chi connectivity index (χ3v) is 3.98. The van der Waals surface area contributed by atoms with E-state index in [0.717, 1.165) is 37.7 Å². The van der Waals surface area contributed by atoms with E-state index < -0.39 is 0 Å². The van der Waals surface area contributed by atoms with E-state index in [9.17, 15) is 5.11 Å². The number of aliphatic hydroxyl groups is 1. The molecule has 1 rings (SSSR count). The summed E-state index contributed by atoms with van der Waals surface area (Å²) in [4.78, 5) is 6.97. The van der Waals surface area contributed by atoms with E-state index in [1.807, 2.05) is 30.3 Å². The highest BCUT2D eigenvalue weighted by Gasteiger charge is 2.10. The maximum atomic E-state index is 9.64. The molecule has 0 saturated heterocycles. The van der Waals surface area contributed by atoms with Gasteiger partial charge in [-0.05, 0) is 32.5 Å². The van der Waals surface area contributed by atoms with E-state index in [2.05, 4.69) is 41.4 Å². The van der Waals surface area contributed by atoms with Crippen LogP contribution in [0.4, 0.5) is 0 Å². The van der Waals surface area contributed by atoms with E-state index in [0.29, 0.717) is 6.54 Å². The number of aliphatic imine (C=N–C) groups is 1. The Bertz CT molecular complexity index is 450. The molecule has 1 unspecified atom stereocenters. The number of guanidine groups is 1. The number of benzene rings is 1. The van der Waals surface area contributed by atoms with Gasteiger partial charge in [-0.2, -0.15) is 0 Å². The molecule has 0 heterocycles. The first-order valence-electron chi connectivity index (χ1n) is 9.07. The molecule has 5 heteroatoms. The lowest BCUT2D eigenvalue weighted by molar-refractivity contribution is 0.268. The minimum absolute atomic E-state index is 0.0360. The first kappa shape index (κ1) is 20.5. The van der Waals surface area contributed by atoms with Crippen molar-refractivity contribution in [3.63, 3.8) is 0 Å². The van der Waals surface area contributed by atoms with Crippen LogP contribution in [0, 0.1) is 0 Å². The van der Waals surface area contributed by atoms with Gasteiger partial charge in [-0.1, -0.05) is 43.7 Å². The lowest BCUT2D eigenvalue weighted by Crippen LogP contribution is -2.41. The molecular formula is C19H34N4O. The highest BCUT2D eigenvalue weighted by Crippen LogP contribution is 2.14. The third-order valence-electron chi connectivity index (χ3n) is 3.98. The van der Waals surface area contributed by atoms with Gasteiger partial charge < -0.3 is 20.6 Å². The molecule has 0 aliphatic rings. The van der Waals surface area contributed by atoms with Crippen LogP contribution >= 0.6 is 0 Å². The molecule has 1 atom stereocenters. The largest absolute Gasteiger partial charge is 0.396 e. The summed E-state index contributed by atoms with van der Waals surface area (Å²) in [6.45, 7) is 8.76. The number of likely N-dealkylation sites (N-methyl/N-ethyl adjacent to an activating group) is 1. The fourth-order valence-corrected chi connectivity index (χ4v) is 2.44. The van der Waals surface area contributed by atoms with Gasteiger partial charge >= 0.3 is 0 Å². The topological polar surface area (TPSA) is 59.9 Å². The Morgan fingerprint density at radius 1 is 1.17 bits per heavy atom. The van der Waals surface area contributed by atoms with Crippen molar-refractivity contribution >= 4 is 5.96 Å². The SMILES string of the molecule is CCCCN(C)CCNC(=NCC(CO)c1ccccc1)NCC. The summed E-state index contributed by atoms with van der Waals surface area (Å²) in [5.41, 5.74) is 1.12. The molecule has 0 radical (unpaired) electrons. The van der Waals surface area contributed by atoms with Crippen LogP contribution in [0.1, 0.15) is 38.2 Å². The fraction of sp³-hybridized carbons (Fsp3) is 0.632. The Morgan fingerprint density at radius 3 is 2.54 bits per heavy atom. The van der Waals surface area contributed by atoms with Gasteiger partial charge in [-0.15, -0.1) is 0 Å². The summed E-state index contributed by atoms with van der Waals surface area (Å²) < 4.78 is 0. The van der Waals surface area contributed by atoms with E-state index in [-0.39, 0.29) is 12.5 Å². The molecule has 1 aromatic rings. The molecule has 3 N–H and O–H groups in total. The first-order valence-corrected chi connectivity index (χ1v) is 9.07. The molecule has 0 spiro atoms. The first-order chi connectivity index (χ1) is 11.7. The smallest absolute Gasteiger partial charge is 0.191 e. The second-order valence-electron chi connectivity index (χ2n) is 6.09. The Labute approximate surface area is 147 Å². The number of nitrogens with one attached hydrogen (secondary N) is 2. The van der Waals surface area contributed by atoms with E-state index in [1.54, 1.807) is 0 Å². The molecule has 0 saturated carbocycles. The van der Waals surface area contributed by atoms with Crippen LogP contribution in [0.5, 0.6) is 0 Å². The van der Waals surface area contributed by atoms with Crippen molar-refractivity contribution < 1.29 is 5.11 Å². The van der Waals surface area contributed by atoms with Gasteiger partial charge in [0, 0.05) is 25.6 Å². The van der Waals surface area contributed by atoms with Crippen molar-refractivity contribution in [1.82, 2.24) is 15.5 Å². The normalized spacial score (nSPS) is 13.1. The number of hydrogen-bond acceptors (Lipinski definition) is 3. The molecule has 0 bridgehead atoms. The third kappa shape index (κ3) is 8.31. The molecule has 0 aromatic heterocycles. The number of rotatable bonds is 11. The second-order valence-corrected chi connectivity index (χ2v) is 6.09. The van der Waals surface area contributed by atoms with Crippen molar-refractivity contribution in [3.05, 3.63) is 35.9 Å². The zero-order chi connectivity index (χ0) is 17.6. The predicted molar refractivity (Wildman–Crippen MR) is 103 cm³/mol. The van der Waals surface area contributed by atoms with Gasteiger partial charge in [0.05, 0.1) is 13.2 Å². The highest BCUT2D eigenvalue weighted by molar-refractivity contribution is 5.79. The van der Waals surface area contributed by atoms with Crippen molar-refractivity contribution in [2.24, 2.45) is 4.99 Å². The number of unbranched alkanes of at least 4 members (excludes halogenated alkanes) is 1. The number of nitrogens with zero attached hydrogens (tertiary/aromatic N) is 2. The molecule has 0 amide bonds. The van der Waals surface area contributed by atoms with Crippen molar-refractivity contribution in [1.29, 1.82) is 0 Å². The highest BCUT2D eigenvalue weighted by atomic mass is 16.3. The monoisotopic (exact) mass is 334 g/mol. The molecular weight excluding hydrogens is 300 g/mol. The Balaban J connectivity index is 2.49. The van der Waals surface area contributed by atoms with Crippen LogP contribution in [0.3, 0.4) is 0 Å². The second kappa shape index (κ2) is 12.8. The van der Waals surface area contributed by atoms with Gasteiger partial charge in [-0.3, -0.25) is 4.99 Å². The van der Waals surface area contributed by atoms with Gasteiger partial charge in [0.2, 0.25) is 0 Å². The molecule has 136 valence electrons. The minimum atomic E-state index is 0.0360. The summed E-state index contributed by atoms with van der Waals surface area (Å²) in [5.74, 6) is 0.852. The van der Waals surface area contributed by atoms with Crippen LogP contribution in [0.2, 0.25) is 0 Å². The Morgan fingerprint density at radius 2 is 1.92 bits per heavy atom. The van der Waals surface area contributed by atoms with Gasteiger partial charge in [-0.25, -0.2) is 0 Å². The van der Waals surface area contributed by atoms with Crippen molar-refractivity contribution in [2.75, 3.05) is 46.4 Å². The Hall–Kier alpha value is -1.59. The maximum absolute atomic E-state index is 9.64. The van der Waals surface area contributed by atoms with Crippen LogP contribution < -0.4 is 10.6 Å². The van der Waals surface area contributed by atoms with E-state index >= 15 is 0 Å². The molecule has 0 fully saturated rings. The lowest BCUT2D eigenvalue weighted by atomic mass is 10.0. The quantitative estimate of drug-likeness (QED) is 0.428. The summed E-state index contributed by atoms with van der Waals surface area (Å²) >= 11 is 0. The maximum Gasteiger partial charge on any atom is 0.191 e. The molecule has 24 heavy (non-hydrogen) atoms. The van der Waals surface area contributed by atoms with Crippen LogP contribution in [0.25, 0.3) is 0 Å². The van der Waals surface area contributed by atoms with Crippen LogP contribution in [0.15, 0.2) is 35.3 Å². The average Bonchev–Trinajstić information content (AvgIpc) is 2.61. The van der Waals surface area contributed by atoms with Crippen molar-refractivity contribution in [2.45, 2.75) is 32.6 Å². The zero-order valence-electron chi connectivity index (χ0n) is 15.5. The Kier molecular flexibility index (Phi) is 10.9. The average molecular weight is 335 g/mol. The van der Waals surface area contributed by atoms with Gasteiger partial charge in [0.25, 0.3) is 0 Å². The fourth-order valence-electron chi connectivity index (χ4n) is 2.44. The van der Waals surface area contributed by atoms with Gasteiger partial charge in [0.1, 0.15) is 0 Å². The number of aliphatic hydroxyl groups excluding tert-OH is 1. The summed E-state index contributed by atoms with van der Waals surface area (Å²) in [6, 6.07) is 10.1. The molecule has 0 aliphatic heterocycles. The molecule has 5 nitrogen and oxygen atoms in total. The summed E-state index contributed by atoms with van der Waals surface area (Å²) in [7, 11) is 2.15.